The van der Waals surface area contributed by atoms with Crippen LogP contribution in [-0.2, 0) is 11.2 Å². The average Bonchev–Trinajstić information content (AvgIpc) is 2.84. The summed E-state index contributed by atoms with van der Waals surface area (Å²) < 4.78 is 6.01. The topological polar surface area (TPSA) is 67.0 Å². The first-order valence-electron chi connectivity index (χ1n) is 5.30. The highest BCUT2D eigenvalue weighted by molar-refractivity contribution is 9.10. The number of carbonyl (C=O) groups is 1. The van der Waals surface area contributed by atoms with Gasteiger partial charge in [-0.05, 0) is 23.8 Å². The lowest BCUT2D eigenvalue weighted by Crippen LogP contribution is -2.14. The molecule has 94 valence electrons. The van der Waals surface area contributed by atoms with Gasteiger partial charge in [-0.2, -0.15) is 5.10 Å². The first-order valence-corrected chi connectivity index (χ1v) is 6.09. The van der Waals surface area contributed by atoms with E-state index in [1.807, 2.05) is 18.2 Å². The number of hydrogen-bond acceptors (Lipinski definition) is 3. The third kappa shape index (κ3) is 3.10. The van der Waals surface area contributed by atoms with Gasteiger partial charge < -0.3 is 10.1 Å². The molecular weight excluding hydrogens is 298 g/mol. The number of amides is 1. The van der Waals surface area contributed by atoms with Crippen molar-refractivity contribution in [2.24, 2.45) is 0 Å². The second-order valence-electron chi connectivity index (χ2n) is 3.67. The molecule has 2 rings (SSSR count). The summed E-state index contributed by atoms with van der Waals surface area (Å²) in [5.74, 6) is 0.620. The van der Waals surface area contributed by atoms with Crippen LogP contribution in [0.1, 0.15) is 5.56 Å². The molecule has 0 unspecified atom stereocenters. The normalized spacial score (nSPS) is 10.1. The van der Waals surface area contributed by atoms with Crippen molar-refractivity contribution < 1.29 is 9.53 Å². The Hall–Kier alpha value is -1.82. The maximum absolute atomic E-state index is 11.8. The number of H-pyrrole nitrogens is 1. The van der Waals surface area contributed by atoms with Gasteiger partial charge >= 0.3 is 0 Å². The Morgan fingerprint density at radius 1 is 1.56 bits per heavy atom. The molecule has 18 heavy (non-hydrogen) atoms. The number of nitrogens with one attached hydrogen (secondary N) is 2. The van der Waals surface area contributed by atoms with Crippen LogP contribution in [0.4, 0.5) is 5.69 Å². The first kappa shape index (κ1) is 12.6. The third-order valence-corrected chi connectivity index (χ3v) is 3.16. The molecule has 2 N–H and O–H groups in total. The Balaban J connectivity index is 2.06. The summed E-state index contributed by atoms with van der Waals surface area (Å²) in [6.45, 7) is 0. The number of nitrogens with zero attached hydrogens (tertiary/aromatic N) is 1. The number of methoxy groups -OCH3 is 1. The second kappa shape index (κ2) is 5.68. The molecule has 1 amide bonds. The lowest BCUT2D eigenvalue weighted by molar-refractivity contribution is -0.115. The fourth-order valence-electron chi connectivity index (χ4n) is 1.51. The van der Waals surface area contributed by atoms with E-state index in [9.17, 15) is 4.79 Å². The molecule has 2 aromatic rings. The summed E-state index contributed by atoms with van der Waals surface area (Å²) in [5, 5.41) is 9.13. The molecule has 0 saturated heterocycles. The number of rotatable bonds is 4. The van der Waals surface area contributed by atoms with Crippen molar-refractivity contribution in [2.45, 2.75) is 6.42 Å². The van der Waals surface area contributed by atoms with Crippen LogP contribution in [0.15, 0.2) is 35.1 Å². The van der Waals surface area contributed by atoms with Crippen molar-refractivity contribution in [3.63, 3.8) is 0 Å². The summed E-state index contributed by atoms with van der Waals surface area (Å²) >= 11 is 3.41. The monoisotopic (exact) mass is 309 g/mol. The molecule has 0 spiro atoms. The largest absolute Gasteiger partial charge is 0.497 e. The van der Waals surface area contributed by atoms with E-state index in [1.165, 1.54) is 0 Å². The van der Waals surface area contributed by atoms with Crippen LogP contribution in [0, 0.1) is 0 Å². The van der Waals surface area contributed by atoms with Crippen LogP contribution >= 0.6 is 15.9 Å². The van der Waals surface area contributed by atoms with Crippen molar-refractivity contribution in [1.29, 1.82) is 0 Å². The van der Waals surface area contributed by atoms with Gasteiger partial charge in [0.1, 0.15) is 5.75 Å². The van der Waals surface area contributed by atoms with Crippen LogP contribution in [0.25, 0.3) is 0 Å². The summed E-state index contributed by atoms with van der Waals surface area (Å²) in [4.78, 5) is 11.8. The fourth-order valence-corrected chi connectivity index (χ4v) is 1.90. The Labute approximate surface area is 113 Å². The van der Waals surface area contributed by atoms with Crippen molar-refractivity contribution >= 4 is 27.5 Å². The second-order valence-corrected chi connectivity index (χ2v) is 4.52. The number of carbonyl (C=O) groups excluding carboxylic acids is 1. The molecule has 0 atom stereocenters. The minimum atomic E-state index is -0.106. The Morgan fingerprint density at radius 2 is 2.39 bits per heavy atom. The van der Waals surface area contributed by atoms with Crippen LogP contribution in [-0.4, -0.2) is 23.2 Å². The lowest BCUT2D eigenvalue weighted by Gasteiger charge is -2.07. The number of aromatic amines is 1. The fraction of sp³-hybridized carbons (Fsp3) is 0.167. The number of aromatic nitrogens is 2. The Morgan fingerprint density at radius 3 is 3.06 bits per heavy atom. The number of hydrogen-bond donors (Lipinski definition) is 2. The van der Waals surface area contributed by atoms with Crippen LogP contribution in [0.2, 0.25) is 0 Å². The number of ether oxygens (including phenoxy) is 1. The third-order valence-electron chi connectivity index (χ3n) is 2.39. The van der Waals surface area contributed by atoms with Gasteiger partial charge in [0.05, 0.1) is 25.4 Å². The van der Waals surface area contributed by atoms with Gasteiger partial charge in [-0.15, -0.1) is 0 Å². The average molecular weight is 310 g/mol. The SMILES string of the molecule is COc1ccc(Br)c(CC(=O)Nc2cn[nH]c2)c1. The molecule has 6 heteroatoms. The summed E-state index contributed by atoms with van der Waals surface area (Å²) in [6.07, 6.45) is 3.44. The molecule has 5 nitrogen and oxygen atoms in total. The zero-order valence-corrected chi connectivity index (χ0v) is 11.3. The number of halogens is 1. The molecule has 1 aromatic carbocycles. The predicted molar refractivity (Wildman–Crippen MR) is 71.6 cm³/mol. The summed E-state index contributed by atoms with van der Waals surface area (Å²) in [6, 6.07) is 5.53. The molecule has 0 aliphatic carbocycles. The summed E-state index contributed by atoms with van der Waals surface area (Å²) in [5.41, 5.74) is 1.52. The molecule has 1 heterocycles. The molecule has 0 aliphatic heterocycles. The lowest BCUT2D eigenvalue weighted by atomic mass is 10.1. The number of benzene rings is 1. The highest BCUT2D eigenvalue weighted by atomic mass is 79.9. The van der Waals surface area contributed by atoms with Crippen LogP contribution in [0.5, 0.6) is 5.75 Å². The van der Waals surface area contributed by atoms with Gasteiger partial charge in [0, 0.05) is 10.7 Å². The van der Waals surface area contributed by atoms with Gasteiger partial charge in [-0.3, -0.25) is 9.89 Å². The van der Waals surface area contributed by atoms with E-state index < -0.39 is 0 Å². The van der Waals surface area contributed by atoms with Crippen molar-refractivity contribution in [3.05, 3.63) is 40.6 Å². The van der Waals surface area contributed by atoms with Gasteiger partial charge in [0.15, 0.2) is 0 Å². The molecule has 0 aliphatic rings. The first-order chi connectivity index (χ1) is 8.69. The van der Waals surface area contributed by atoms with Gasteiger partial charge in [-0.25, -0.2) is 0 Å². The van der Waals surface area contributed by atoms with Crippen LogP contribution in [0.3, 0.4) is 0 Å². The zero-order valence-electron chi connectivity index (χ0n) is 9.74. The minimum Gasteiger partial charge on any atom is -0.497 e. The zero-order chi connectivity index (χ0) is 13.0. The van der Waals surface area contributed by atoms with Crippen molar-refractivity contribution in [2.75, 3.05) is 12.4 Å². The smallest absolute Gasteiger partial charge is 0.228 e. The quantitative estimate of drug-likeness (QED) is 0.911. The predicted octanol–water partition coefficient (Wildman–Crippen LogP) is 2.36. The van der Waals surface area contributed by atoms with E-state index in [0.29, 0.717) is 5.69 Å². The molecule has 0 radical (unpaired) electrons. The van der Waals surface area contributed by atoms with E-state index in [1.54, 1.807) is 19.5 Å². The molecule has 0 bridgehead atoms. The molecule has 0 saturated carbocycles. The van der Waals surface area contributed by atoms with Gasteiger partial charge in [0.25, 0.3) is 0 Å². The van der Waals surface area contributed by atoms with Crippen molar-refractivity contribution in [1.82, 2.24) is 10.2 Å². The number of anilines is 1. The molecule has 1 aromatic heterocycles. The van der Waals surface area contributed by atoms with E-state index in [-0.39, 0.29) is 12.3 Å². The summed E-state index contributed by atoms with van der Waals surface area (Å²) in [7, 11) is 1.60. The maximum Gasteiger partial charge on any atom is 0.228 e. The van der Waals surface area contributed by atoms with E-state index in [2.05, 4.69) is 31.4 Å². The van der Waals surface area contributed by atoms with Gasteiger partial charge in [0.2, 0.25) is 5.91 Å². The highest BCUT2D eigenvalue weighted by Crippen LogP contribution is 2.23. The van der Waals surface area contributed by atoms with E-state index >= 15 is 0 Å². The van der Waals surface area contributed by atoms with Gasteiger partial charge in [-0.1, -0.05) is 15.9 Å². The van der Waals surface area contributed by atoms with Crippen LogP contribution < -0.4 is 10.1 Å². The molecule has 0 fully saturated rings. The standard InChI is InChI=1S/C12H12BrN3O2/c1-18-10-2-3-11(13)8(4-10)5-12(17)16-9-6-14-15-7-9/h2-4,6-7H,5H2,1H3,(H,14,15)(H,16,17). The van der Waals surface area contributed by atoms with E-state index in [4.69, 9.17) is 4.74 Å². The highest BCUT2D eigenvalue weighted by Gasteiger charge is 2.09. The Kier molecular flexibility index (Phi) is 3.99. The Bertz CT molecular complexity index is 540. The minimum absolute atomic E-state index is 0.106. The maximum atomic E-state index is 11.8. The van der Waals surface area contributed by atoms with E-state index in [0.717, 1.165) is 15.8 Å². The molecular formula is C12H12BrN3O2. The van der Waals surface area contributed by atoms with Crippen molar-refractivity contribution in [3.8, 4) is 5.75 Å².